The molecular formula is C14H20ClN3O3. The van der Waals surface area contributed by atoms with Gasteiger partial charge in [-0.15, -0.1) is 12.4 Å². The van der Waals surface area contributed by atoms with Gasteiger partial charge in [-0.1, -0.05) is 0 Å². The first kappa shape index (κ1) is 17.3. The van der Waals surface area contributed by atoms with Crippen LogP contribution in [0.1, 0.15) is 6.42 Å². The third-order valence-corrected chi connectivity index (χ3v) is 3.20. The second kappa shape index (κ2) is 8.49. The van der Waals surface area contributed by atoms with Crippen molar-refractivity contribution in [2.75, 3.05) is 32.1 Å². The second-order valence-corrected chi connectivity index (χ2v) is 4.67. The molecule has 7 heteroatoms. The minimum atomic E-state index is -0.184. The molecule has 1 saturated heterocycles. The van der Waals surface area contributed by atoms with Crippen LogP contribution in [0.4, 0.5) is 5.69 Å². The maximum absolute atomic E-state index is 11.9. The van der Waals surface area contributed by atoms with Crippen molar-refractivity contribution in [3.63, 3.8) is 0 Å². The van der Waals surface area contributed by atoms with Crippen LogP contribution in [0.5, 0.6) is 5.75 Å². The normalized spacial score (nSPS) is 16.7. The Labute approximate surface area is 130 Å². The summed E-state index contributed by atoms with van der Waals surface area (Å²) in [5, 5.41) is 8.51. The summed E-state index contributed by atoms with van der Waals surface area (Å²) < 4.78 is 5.28. The predicted molar refractivity (Wildman–Crippen MR) is 82.9 cm³/mol. The summed E-state index contributed by atoms with van der Waals surface area (Å²) in [6.07, 6.45) is 0.874. The van der Waals surface area contributed by atoms with E-state index in [1.807, 2.05) is 0 Å². The van der Waals surface area contributed by atoms with Crippen molar-refractivity contribution in [2.24, 2.45) is 5.92 Å². The van der Waals surface area contributed by atoms with Crippen LogP contribution in [-0.2, 0) is 9.59 Å². The fourth-order valence-corrected chi connectivity index (χ4v) is 1.98. The van der Waals surface area contributed by atoms with Crippen molar-refractivity contribution in [1.29, 1.82) is 0 Å². The second-order valence-electron chi connectivity index (χ2n) is 4.67. The van der Waals surface area contributed by atoms with Gasteiger partial charge in [-0.25, -0.2) is 0 Å². The average molecular weight is 314 g/mol. The Morgan fingerprint density at radius 2 is 2.05 bits per heavy atom. The minimum Gasteiger partial charge on any atom is -0.484 e. The molecule has 0 saturated carbocycles. The zero-order valence-electron chi connectivity index (χ0n) is 11.8. The van der Waals surface area contributed by atoms with Gasteiger partial charge in [0.05, 0.1) is 5.92 Å². The largest absolute Gasteiger partial charge is 0.484 e. The molecule has 0 spiro atoms. The number of hydrogen-bond donors (Lipinski definition) is 3. The Balaban J connectivity index is 0.00000220. The van der Waals surface area contributed by atoms with Crippen LogP contribution < -0.4 is 20.7 Å². The first-order valence-corrected chi connectivity index (χ1v) is 6.64. The quantitative estimate of drug-likeness (QED) is 0.750. The number of anilines is 1. The van der Waals surface area contributed by atoms with E-state index in [-0.39, 0.29) is 36.7 Å². The smallest absolute Gasteiger partial charge is 0.257 e. The molecule has 0 aromatic heterocycles. The molecule has 1 fully saturated rings. The van der Waals surface area contributed by atoms with E-state index >= 15 is 0 Å². The molecule has 1 heterocycles. The van der Waals surface area contributed by atoms with Crippen molar-refractivity contribution >= 4 is 29.9 Å². The van der Waals surface area contributed by atoms with Gasteiger partial charge in [0, 0.05) is 19.3 Å². The minimum absolute atomic E-state index is 0. The molecule has 1 aliphatic rings. The molecule has 0 aliphatic carbocycles. The maximum atomic E-state index is 11.9. The standard InChI is InChI=1S/C14H19N3O3.ClH/c1-15-13(18)9-20-12-4-2-11(3-5-12)17-14(19)10-6-7-16-8-10;/h2-5,10,16H,6-9H2,1H3,(H,15,18)(H,17,19);1H. The number of benzene rings is 1. The Bertz CT molecular complexity index is 473. The highest BCUT2D eigenvalue weighted by molar-refractivity contribution is 5.92. The summed E-state index contributed by atoms with van der Waals surface area (Å²) in [6.45, 7) is 1.61. The lowest BCUT2D eigenvalue weighted by atomic mass is 10.1. The van der Waals surface area contributed by atoms with Crippen LogP contribution in [-0.4, -0.2) is 38.6 Å². The zero-order chi connectivity index (χ0) is 14.4. The number of amides is 2. The molecule has 0 radical (unpaired) electrons. The van der Waals surface area contributed by atoms with Crippen LogP contribution in [0, 0.1) is 5.92 Å². The lowest BCUT2D eigenvalue weighted by Crippen LogP contribution is -2.25. The van der Waals surface area contributed by atoms with Crippen molar-refractivity contribution in [3.8, 4) is 5.75 Å². The zero-order valence-corrected chi connectivity index (χ0v) is 12.7. The van der Waals surface area contributed by atoms with Crippen molar-refractivity contribution < 1.29 is 14.3 Å². The SMILES string of the molecule is CNC(=O)COc1ccc(NC(=O)C2CCNC2)cc1.Cl. The summed E-state index contributed by atoms with van der Waals surface area (Å²) in [7, 11) is 1.56. The topological polar surface area (TPSA) is 79.5 Å². The highest BCUT2D eigenvalue weighted by Gasteiger charge is 2.22. The van der Waals surface area contributed by atoms with Crippen LogP contribution in [0.3, 0.4) is 0 Å². The summed E-state index contributed by atoms with van der Waals surface area (Å²) >= 11 is 0. The first-order chi connectivity index (χ1) is 9.69. The molecule has 1 aromatic rings. The summed E-state index contributed by atoms with van der Waals surface area (Å²) in [6, 6.07) is 6.98. The number of halogens is 1. The highest BCUT2D eigenvalue weighted by atomic mass is 35.5. The van der Waals surface area contributed by atoms with E-state index in [4.69, 9.17) is 4.74 Å². The Morgan fingerprint density at radius 3 is 2.62 bits per heavy atom. The molecule has 3 N–H and O–H groups in total. The number of hydrogen-bond acceptors (Lipinski definition) is 4. The lowest BCUT2D eigenvalue weighted by Gasteiger charge is -2.10. The van der Waals surface area contributed by atoms with Crippen LogP contribution in [0.25, 0.3) is 0 Å². The molecule has 116 valence electrons. The summed E-state index contributed by atoms with van der Waals surface area (Å²) in [5.41, 5.74) is 0.731. The van der Waals surface area contributed by atoms with Gasteiger partial charge in [0.1, 0.15) is 5.75 Å². The molecule has 2 rings (SSSR count). The number of likely N-dealkylation sites (N-methyl/N-ethyl adjacent to an activating group) is 1. The van der Waals surface area contributed by atoms with Crippen molar-refractivity contribution in [3.05, 3.63) is 24.3 Å². The molecule has 1 aromatic carbocycles. The van der Waals surface area contributed by atoms with Crippen LogP contribution >= 0.6 is 12.4 Å². The van der Waals surface area contributed by atoms with Gasteiger partial charge in [0.25, 0.3) is 5.91 Å². The molecule has 21 heavy (non-hydrogen) atoms. The molecule has 1 unspecified atom stereocenters. The average Bonchev–Trinajstić information content (AvgIpc) is 3.00. The van der Waals surface area contributed by atoms with E-state index in [2.05, 4.69) is 16.0 Å². The van der Waals surface area contributed by atoms with E-state index in [0.717, 1.165) is 25.2 Å². The third-order valence-electron chi connectivity index (χ3n) is 3.20. The third kappa shape index (κ3) is 5.24. The van der Waals surface area contributed by atoms with E-state index < -0.39 is 0 Å². The van der Waals surface area contributed by atoms with Gasteiger partial charge >= 0.3 is 0 Å². The van der Waals surface area contributed by atoms with Gasteiger partial charge in [-0.2, -0.15) is 0 Å². The van der Waals surface area contributed by atoms with Gasteiger partial charge in [-0.05, 0) is 37.2 Å². The molecule has 1 atom stereocenters. The Kier molecular flexibility index (Phi) is 6.98. The van der Waals surface area contributed by atoms with Crippen LogP contribution in [0.2, 0.25) is 0 Å². The Hall–Kier alpha value is -1.79. The van der Waals surface area contributed by atoms with Gasteiger partial charge in [-0.3, -0.25) is 9.59 Å². The highest BCUT2D eigenvalue weighted by Crippen LogP contribution is 2.17. The van der Waals surface area contributed by atoms with Crippen molar-refractivity contribution in [2.45, 2.75) is 6.42 Å². The van der Waals surface area contributed by atoms with E-state index in [0.29, 0.717) is 5.75 Å². The van der Waals surface area contributed by atoms with E-state index in [1.165, 1.54) is 0 Å². The summed E-state index contributed by atoms with van der Waals surface area (Å²) in [5.74, 6) is 0.485. The molecular weight excluding hydrogens is 294 g/mol. The fraction of sp³-hybridized carbons (Fsp3) is 0.429. The summed E-state index contributed by atoms with van der Waals surface area (Å²) in [4.78, 5) is 23.0. The number of carbonyl (C=O) groups is 2. The number of ether oxygens (including phenoxy) is 1. The predicted octanol–water partition coefficient (Wildman–Crippen LogP) is 0.781. The first-order valence-electron chi connectivity index (χ1n) is 6.64. The molecule has 2 amide bonds. The van der Waals surface area contributed by atoms with Gasteiger partial charge in [0.15, 0.2) is 6.61 Å². The number of rotatable bonds is 5. The van der Waals surface area contributed by atoms with Gasteiger partial charge in [0.2, 0.25) is 5.91 Å². The monoisotopic (exact) mass is 313 g/mol. The van der Waals surface area contributed by atoms with Gasteiger partial charge < -0.3 is 20.7 Å². The maximum Gasteiger partial charge on any atom is 0.257 e. The Morgan fingerprint density at radius 1 is 1.33 bits per heavy atom. The fourth-order valence-electron chi connectivity index (χ4n) is 1.98. The molecule has 6 nitrogen and oxygen atoms in total. The van der Waals surface area contributed by atoms with Crippen molar-refractivity contribution in [1.82, 2.24) is 10.6 Å². The lowest BCUT2D eigenvalue weighted by molar-refractivity contribution is -0.122. The number of carbonyl (C=O) groups excluding carboxylic acids is 2. The molecule has 0 bridgehead atoms. The van der Waals surface area contributed by atoms with E-state index in [9.17, 15) is 9.59 Å². The van der Waals surface area contributed by atoms with Crippen LogP contribution in [0.15, 0.2) is 24.3 Å². The number of nitrogens with one attached hydrogen (secondary N) is 3. The molecule has 1 aliphatic heterocycles. The van der Waals surface area contributed by atoms with E-state index in [1.54, 1.807) is 31.3 Å².